The zero-order valence-electron chi connectivity index (χ0n) is 9.15. The monoisotopic (exact) mass is 325 g/mol. The van der Waals surface area contributed by atoms with Crippen LogP contribution in [0.3, 0.4) is 0 Å². The van der Waals surface area contributed by atoms with E-state index in [9.17, 15) is 0 Å². The lowest BCUT2D eigenvalue weighted by Crippen LogP contribution is -2.12. The summed E-state index contributed by atoms with van der Waals surface area (Å²) < 4.78 is 6.49. The van der Waals surface area contributed by atoms with Crippen molar-refractivity contribution in [3.63, 3.8) is 0 Å². The Morgan fingerprint density at radius 3 is 2.56 bits per heavy atom. The van der Waals surface area contributed by atoms with E-state index in [1.54, 1.807) is 18.2 Å². The van der Waals surface area contributed by atoms with Crippen LogP contribution in [0.2, 0.25) is 5.02 Å². The van der Waals surface area contributed by atoms with Gasteiger partial charge >= 0.3 is 0 Å². The summed E-state index contributed by atoms with van der Waals surface area (Å²) in [4.78, 5) is 4.02. The number of amidine groups is 1. The van der Waals surface area contributed by atoms with Crippen LogP contribution in [-0.2, 0) is 0 Å². The maximum absolute atomic E-state index is 7.38. The van der Waals surface area contributed by atoms with Gasteiger partial charge in [-0.3, -0.25) is 5.41 Å². The molecule has 18 heavy (non-hydrogen) atoms. The second-order valence-corrected chi connectivity index (χ2v) is 4.74. The first-order valence-electron chi connectivity index (χ1n) is 5.00. The van der Waals surface area contributed by atoms with Crippen molar-refractivity contribution in [2.24, 2.45) is 5.73 Å². The zero-order chi connectivity index (χ0) is 13.1. The molecule has 2 rings (SSSR count). The molecule has 3 N–H and O–H groups in total. The van der Waals surface area contributed by atoms with Gasteiger partial charge in [-0.25, -0.2) is 4.98 Å². The van der Waals surface area contributed by atoms with Crippen molar-refractivity contribution in [3.8, 4) is 11.6 Å². The number of hydrogen-bond acceptors (Lipinski definition) is 3. The lowest BCUT2D eigenvalue weighted by molar-refractivity contribution is 0.463. The van der Waals surface area contributed by atoms with Gasteiger partial charge in [-0.2, -0.15) is 0 Å². The molecule has 0 spiro atoms. The molecular weight excluding hydrogens is 318 g/mol. The maximum Gasteiger partial charge on any atom is 0.238 e. The number of nitrogens with one attached hydrogen (secondary N) is 1. The second-order valence-electron chi connectivity index (χ2n) is 3.45. The minimum absolute atomic E-state index is 0.122. The molecule has 1 aromatic carbocycles. The van der Waals surface area contributed by atoms with E-state index in [1.165, 1.54) is 6.20 Å². The van der Waals surface area contributed by atoms with E-state index in [0.29, 0.717) is 11.3 Å². The Hall–Kier alpha value is -1.59. The molecule has 0 bridgehead atoms. The number of aromatic nitrogens is 1. The summed E-state index contributed by atoms with van der Waals surface area (Å²) in [6.07, 6.45) is 1.50. The van der Waals surface area contributed by atoms with Gasteiger partial charge in [0.15, 0.2) is 0 Å². The van der Waals surface area contributed by atoms with Crippen LogP contribution in [0.4, 0.5) is 0 Å². The fraction of sp³-hybridized carbons (Fsp3) is 0. The van der Waals surface area contributed by atoms with Gasteiger partial charge in [0.1, 0.15) is 16.6 Å². The molecule has 0 saturated carbocycles. The topological polar surface area (TPSA) is 72.0 Å². The van der Waals surface area contributed by atoms with E-state index in [1.807, 2.05) is 12.1 Å². The molecule has 0 radical (unpaired) electrons. The number of halogens is 2. The normalized spacial score (nSPS) is 10.1. The van der Waals surface area contributed by atoms with Crippen molar-refractivity contribution in [1.82, 2.24) is 4.98 Å². The summed E-state index contributed by atoms with van der Waals surface area (Å²) in [5, 5.41) is 7.61. The van der Waals surface area contributed by atoms with Crippen LogP contribution >= 0.6 is 27.5 Å². The number of rotatable bonds is 3. The maximum atomic E-state index is 7.38. The molecule has 0 atom stereocenters. The third-order valence-electron chi connectivity index (χ3n) is 2.18. The zero-order valence-corrected chi connectivity index (χ0v) is 11.5. The smallest absolute Gasteiger partial charge is 0.238 e. The summed E-state index contributed by atoms with van der Waals surface area (Å²) in [7, 11) is 0. The Bertz CT molecular complexity index is 586. The highest BCUT2D eigenvalue weighted by Gasteiger charge is 2.11. The van der Waals surface area contributed by atoms with Crippen molar-refractivity contribution < 1.29 is 4.74 Å². The summed E-state index contributed by atoms with van der Waals surface area (Å²) in [5.41, 5.74) is 5.81. The molecule has 4 nitrogen and oxygen atoms in total. The van der Waals surface area contributed by atoms with E-state index in [4.69, 9.17) is 27.5 Å². The van der Waals surface area contributed by atoms with Gasteiger partial charge in [-0.05, 0) is 30.3 Å². The van der Waals surface area contributed by atoms with Crippen LogP contribution in [0.15, 0.2) is 41.0 Å². The van der Waals surface area contributed by atoms with Crippen LogP contribution < -0.4 is 10.5 Å². The fourth-order valence-corrected chi connectivity index (χ4v) is 1.83. The largest absolute Gasteiger partial charge is 0.438 e. The standard InChI is InChI=1S/C12H9BrClN3O/c13-7-1-3-8(4-2-7)18-12-10(14)9(11(15)16)5-6-17-12/h1-6H,(H3,15,16). The number of benzene rings is 1. The number of hydrogen-bond donors (Lipinski definition) is 2. The van der Waals surface area contributed by atoms with E-state index in [0.717, 1.165) is 4.47 Å². The first-order chi connectivity index (χ1) is 8.58. The van der Waals surface area contributed by atoms with Crippen molar-refractivity contribution in [2.45, 2.75) is 0 Å². The number of nitrogen functional groups attached to an aromatic ring is 1. The molecule has 0 aliphatic carbocycles. The molecule has 0 aliphatic rings. The molecule has 2 aromatic rings. The molecule has 0 amide bonds. The van der Waals surface area contributed by atoms with Gasteiger partial charge in [0.05, 0.1) is 0 Å². The first-order valence-corrected chi connectivity index (χ1v) is 6.17. The van der Waals surface area contributed by atoms with Crippen molar-refractivity contribution in [3.05, 3.63) is 51.6 Å². The molecule has 1 aromatic heterocycles. The fourth-order valence-electron chi connectivity index (χ4n) is 1.32. The van der Waals surface area contributed by atoms with Gasteiger partial charge in [0.2, 0.25) is 5.88 Å². The van der Waals surface area contributed by atoms with E-state index in [2.05, 4.69) is 20.9 Å². The molecule has 0 unspecified atom stereocenters. The lowest BCUT2D eigenvalue weighted by Gasteiger charge is -2.08. The van der Waals surface area contributed by atoms with Gasteiger partial charge in [0.25, 0.3) is 0 Å². The lowest BCUT2D eigenvalue weighted by atomic mass is 10.2. The minimum Gasteiger partial charge on any atom is -0.438 e. The number of ether oxygens (including phenoxy) is 1. The van der Waals surface area contributed by atoms with Gasteiger partial charge in [-0.15, -0.1) is 0 Å². The van der Waals surface area contributed by atoms with Gasteiger partial charge < -0.3 is 10.5 Å². The number of pyridine rings is 1. The number of nitrogens with two attached hydrogens (primary N) is 1. The van der Waals surface area contributed by atoms with Gasteiger partial charge in [0, 0.05) is 16.2 Å². The predicted octanol–water partition coefficient (Wildman–Crippen LogP) is 3.57. The molecule has 6 heteroatoms. The Balaban J connectivity index is 2.32. The summed E-state index contributed by atoms with van der Waals surface area (Å²) in [5.74, 6) is 0.711. The molecular formula is C12H9BrClN3O. The van der Waals surface area contributed by atoms with Crippen LogP contribution in [0.25, 0.3) is 0 Å². The van der Waals surface area contributed by atoms with Crippen LogP contribution in [0, 0.1) is 5.41 Å². The Morgan fingerprint density at radius 1 is 1.28 bits per heavy atom. The van der Waals surface area contributed by atoms with Crippen molar-refractivity contribution in [1.29, 1.82) is 5.41 Å². The summed E-state index contributed by atoms with van der Waals surface area (Å²) in [6.45, 7) is 0. The quantitative estimate of drug-likeness (QED) is 0.669. The van der Waals surface area contributed by atoms with Crippen LogP contribution in [0.5, 0.6) is 11.6 Å². The van der Waals surface area contributed by atoms with E-state index in [-0.39, 0.29) is 16.7 Å². The average molecular weight is 327 g/mol. The molecule has 0 fully saturated rings. The van der Waals surface area contributed by atoms with E-state index >= 15 is 0 Å². The second kappa shape index (κ2) is 5.37. The first kappa shape index (κ1) is 12.9. The van der Waals surface area contributed by atoms with Crippen LogP contribution in [0.1, 0.15) is 5.56 Å². The molecule has 0 saturated heterocycles. The van der Waals surface area contributed by atoms with Crippen molar-refractivity contribution >= 4 is 33.4 Å². The van der Waals surface area contributed by atoms with Crippen LogP contribution in [-0.4, -0.2) is 10.8 Å². The minimum atomic E-state index is -0.122. The molecule has 0 aliphatic heterocycles. The number of nitrogens with zero attached hydrogens (tertiary/aromatic N) is 1. The highest BCUT2D eigenvalue weighted by Crippen LogP contribution is 2.30. The highest BCUT2D eigenvalue weighted by atomic mass is 79.9. The Labute approximate surface area is 117 Å². The van der Waals surface area contributed by atoms with Gasteiger partial charge in [-0.1, -0.05) is 27.5 Å². The third kappa shape index (κ3) is 2.80. The predicted molar refractivity (Wildman–Crippen MR) is 74.5 cm³/mol. The third-order valence-corrected chi connectivity index (χ3v) is 3.07. The molecule has 1 heterocycles. The van der Waals surface area contributed by atoms with E-state index < -0.39 is 0 Å². The average Bonchev–Trinajstić information content (AvgIpc) is 2.34. The summed E-state index contributed by atoms with van der Waals surface area (Å²) in [6, 6.07) is 8.82. The Kier molecular flexibility index (Phi) is 3.84. The SMILES string of the molecule is N=C(N)c1ccnc(Oc2ccc(Br)cc2)c1Cl. The van der Waals surface area contributed by atoms with Crippen molar-refractivity contribution in [2.75, 3.05) is 0 Å². The highest BCUT2D eigenvalue weighted by molar-refractivity contribution is 9.10. The molecule has 92 valence electrons. The summed E-state index contributed by atoms with van der Waals surface area (Å²) >= 11 is 9.40. The Morgan fingerprint density at radius 2 is 1.94 bits per heavy atom.